The van der Waals surface area contributed by atoms with Crippen LogP contribution in [0.3, 0.4) is 0 Å². The molecule has 2 atom stereocenters. The third kappa shape index (κ3) is 5.31. The highest BCUT2D eigenvalue weighted by atomic mass is 127. The second kappa shape index (κ2) is 9.87. The van der Waals surface area contributed by atoms with Gasteiger partial charge in [0.1, 0.15) is 17.4 Å². The van der Waals surface area contributed by atoms with Crippen LogP contribution in [0.25, 0.3) is 0 Å². The third-order valence-corrected chi connectivity index (χ3v) is 4.43. The van der Waals surface area contributed by atoms with Crippen molar-refractivity contribution in [2.75, 3.05) is 13.7 Å². The number of nitrogens with one attached hydrogen (secondary N) is 2. The summed E-state index contributed by atoms with van der Waals surface area (Å²) in [6.07, 6.45) is 0.678. The minimum absolute atomic E-state index is 0. The van der Waals surface area contributed by atoms with Gasteiger partial charge in [0.05, 0.1) is 13.7 Å². The molecule has 0 aliphatic heterocycles. The van der Waals surface area contributed by atoms with Crippen LogP contribution >= 0.6 is 24.0 Å². The molecule has 0 aromatic heterocycles. The largest absolute Gasteiger partial charge is 0.496 e. The number of benzene rings is 2. The topological polar surface area (TPSA) is 45.7 Å². The minimum Gasteiger partial charge on any atom is -0.496 e. The SMILES string of the molecule is CCNC(=NCc1ccccc1OC)NC1CC1c1c(F)cccc1F.I. The summed E-state index contributed by atoms with van der Waals surface area (Å²) >= 11 is 0. The van der Waals surface area contributed by atoms with Gasteiger partial charge in [-0.2, -0.15) is 0 Å². The highest BCUT2D eigenvalue weighted by Crippen LogP contribution is 2.43. The second-order valence-corrected chi connectivity index (χ2v) is 6.24. The molecule has 3 rings (SSSR count). The van der Waals surface area contributed by atoms with Gasteiger partial charge in [-0.3, -0.25) is 0 Å². The van der Waals surface area contributed by atoms with E-state index in [-0.39, 0.29) is 41.5 Å². The molecule has 0 heterocycles. The van der Waals surface area contributed by atoms with Crippen LogP contribution in [0.4, 0.5) is 8.78 Å². The monoisotopic (exact) mass is 487 g/mol. The van der Waals surface area contributed by atoms with Crippen LogP contribution in [-0.2, 0) is 6.54 Å². The molecule has 1 aliphatic rings. The molecule has 4 nitrogen and oxygen atoms in total. The zero-order valence-corrected chi connectivity index (χ0v) is 17.7. The maximum atomic E-state index is 13.9. The Morgan fingerprint density at radius 2 is 1.85 bits per heavy atom. The Balaban J connectivity index is 0.00000261. The van der Waals surface area contributed by atoms with E-state index in [1.807, 2.05) is 31.2 Å². The Bertz CT molecular complexity index is 780. The number of halogens is 3. The van der Waals surface area contributed by atoms with Crippen molar-refractivity contribution in [1.82, 2.24) is 10.6 Å². The summed E-state index contributed by atoms with van der Waals surface area (Å²) in [7, 11) is 1.63. The van der Waals surface area contributed by atoms with Crippen LogP contribution in [-0.4, -0.2) is 25.7 Å². The summed E-state index contributed by atoms with van der Waals surface area (Å²) in [4.78, 5) is 4.57. The first-order valence-corrected chi connectivity index (χ1v) is 8.74. The molecule has 0 radical (unpaired) electrons. The smallest absolute Gasteiger partial charge is 0.191 e. The Morgan fingerprint density at radius 1 is 1.15 bits per heavy atom. The van der Waals surface area contributed by atoms with Crippen molar-refractivity contribution in [3.8, 4) is 5.75 Å². The number of methoxy groups -OCH3 is 1. The molecule has 0 amide bonds. The number of aliphatic imine (C=N–C) groups is 1. The lowest BCUT2D eigenvalue weighted by atomic mass is 10.1. The van der Waals surface area contributed by atoms with Crippen LogP contribution in [0.2, 0.25) is 0 Å². The first kappa shape index (κ1) is 21.4. The lowest BCUT2D eigenvalue weighted by molar-refractivity contribution is 0.410. The fourth-order valence-electron chi connectivity index (χ4n) is 3.03. The average Bonchev–Trinajstić information content (AvgIpc) is 3.38. The van der Waals surface area contributed by atoms with E-state index >= 15 is 0 Å². The van der Waals surface area contributed by atoms with Crippen LogP contribution < -0.4 is 15.4 Å². The molecule has 0 saturated heterocycles. The zero-order valence-electron chi connectivity index (χ0n) is 15.3. The normalized spacial score (nSPS) is 18.4. The van der Waals surface area contributed by atoms with E-state index in [1.54, 1.807) is 7.11 Å². The van der Waals surface area contributed by atoms with Crippen LogP contribution in [0.1, 0.15) is 30.4 Å². The van der Waals surface area contributed by atoms with Gasteiger partial charge >= 0.3 is 0 Å². The van der Waals surface area contributed by atoms with Gasteiger partial charge in [0.2, 0.25) is 0 Å². The van der Waals surface area contributed by atoms with Crippen molar-refractivity contribution in [1.29, 1.82) is 0 Å². The van der Waals surface area contributed by atoms with E-state index in [0.29, 0.717) is 25.5 Å². The predicted molar refractivity (Wildman–Crippen MR) is 114 cm³/mol. The lowest BCUT2D eigenvalue weighted by Gasteiger charge is -2.12. The van der Waals surface area contributed by atoms with Gasteiger partial charge < -0.3 is 15.4 Å². The summed E-state index contributed by atoms with van der Waals surface area (Å²) < 4.78 is 33.2. The quantitative estimate of drug-likeness (QED) is 0.365. The second-order valence-electron chi connectivity index (χ2n) is 6.24. The first-order chi connectivity index (χ1) is 12.6. The standard InChI is InChI=1S/C20H23F2N3O.HI/c1-3-23-20(24-12-13-7-4-5-10-18(13)26-2)25-17-11-14(17)19-15(21)8-6-9-16(19)22;/h4-10,14,17H,3,11-12H2,1-2H3,(H2,23,24,25);1H. The molecular formula is C20H24F2IN3O. The molecule has 2 unspecified atom stereocenters. The molecule has 1 aliphatic carbocycles. The summed E-state index contributed by atoms with van der Waals surface area (Å²) in [6.45, 7) is 3.12. The number of ether oxygens (including phenoxy) is 1. The summed E-state index contributed by atoms with van der Waals surface area (Å²) in [5, 5.41) is 6.44. The molecule has 1 fully saturated rings. The molecule has 2 N–H and O–H groups in total. The van der Waals surface area contributed by atoms with Crippen molar-refractivity contribution < 1.29 is 13.5 Å². The van der Waals surface area contributed by atoms with Gasteiger partial charge in [0, 0.05) is 29.6 Å². The van der Waals surface area contributed by atoms with E-state index in [1.165, 1.54) is 18.2 Å². The Labute approximate surface area is 175 Å². The van der Waals surface area contributed by atoms with Crippen molar-refractivity contribution in [2.24, 2.45) is 4.99 Å². The van der Waals surface area contributed by atoms with Crippen molar-refractivity contribution >= 4 is 29.9 Å². The van der Waals surface area contributed by atoms with Crippen LogP contribution in [0, 0.1) is 11.6 Å². The van der Waals surface area contributed by atoms with Gasteiger partial charge in [0.15, 0.2) is 5.96 Å². The molecular weight excluding hydrogens is 463 g/mol. The van der Waals surface area contributed by atoms with E-state index in [2.05, 4.69) is 15.6 Å². The van der Waals surface area contributed by atoms with E-state index in [4.69, 9.17) is 4.74 Å². The van der Waals surface area contributed by atoms with Crippen LogP contribution in [0.15, 0.2) is 47.5 Å². The van der Waals surface area contributed by atoms with Crippen molar-refractivity contribution in [3.05, 3.63) is 65.2 Å². The average molecular weight is 487 g/mol. The summed E-state index contributed by atoms with van der Waals surface area (Å²) in [6, 6.07) is 11.7. The molecule has 2 aromatic carbocycles. The minimum atomic E-state index is -0.490. The van der Waals surface area contributed by atoms with Gasteiger partial charge in [-0.1, -0.05) is 24.3 Å². The third-order valence-electron chi connectivity index (χ3n) is 4.43. The maximum absolute atomic E-state index is 13.9. The number of hydrogen-bond donors (Lipinski definition) is 2. The van der Waals surface area contributed by atoms with Gasteiger partial charge in [-0.25, -0.2) is 13.8 Å². The maximum Gasteiger partial charge on any atom is 0.191 e. The van der Waals surface area contributed by atoms with Gasteiger partial charge in [-0.15, -0.1) is 24.0 Å². The lowest BCUT2D eigenvalue weighted by Crippen LogP contribution is -2.39. The molecule has 0 bridgehead atoms. The highest BCUT2D eigenvalue weighted by molar-refractivity contribution is 14.0. The Hall–Kier alpha value is -1.90. The fourth-order valence-corrected chi connectivity index (χ4v) is 3.03. The first-order valence-electron chi connectivity index (χ1n) is 8.74. The number of para-hydroxylation sites is 1. The van der Waals surface area contributed by atoms with E-state index < -0.39 is 11.6 Å². The van der Waals surface area contributed by atoms with Crippen molar-refractivity contribution in [2.45, 2.75) is 31.8 Å². The molecule has 2 aromatic rings. The Morgan fingerprint density at radius 3 is 2.52 bits per heavy atom. The summed E-state index contributed by atoms with van der Waals surface area (Å²) in [5.74, 6) is 0.254. The Kier molecular flexibility index (Phi) is 7.82. The predicted octanol–water partition coefficient (Wildman–Crippen LogP) is 4.20. The van der Waals surface area contributed by atoms with Crippen LogP contribution in [0.5, 0.6) is 5.75 Å². The van der Waals surface area contributed by atoms with Crippen molar-refractivity contribution in [3.63, 3.8) is 0 Å². The van der Waals surface area contributed by atoms with E-state index in [9.17, 15) is 8.78 Å². The van der Waals surface area contributed by atoms with Gasteiger partial charge in [-0.05, 0) is 31.5 Å². The summed E-state index contributed by atoms with van der Waals surface area (Å²) in [5.41, 5.74) is 1.13. The number of guanidine groups is 1. The number of rotatable bonds is 6. The van der Waals surface area contributed by atoms with Gasteiger partial charge in [0.25, 0.3) is 0 Å². The number of nitrogens with zero attached hydrogens (tertiary/aromatic N) is 1. The van der Waals surface area contributed by atoms with E-state index in [0.717, 1.165) is 11.3 Å². The zero-order chi connectivity index (χ0) is 18.5. The molecule has 1 saturated carbocycles. The molecule has 0 spiro atoms. The molecule has 7 heteroatoms. The fraction of sp³-hybridized carbons (Fsp3) is 0.350. The molecule has 27 heavy (non-hydrogen) atoms. The highest BCUT2D eigenvalue weighted by Gasteiger charge is 2.42. The molecule has 146 valence electrons. The number of hydrogen-bond acceptors (Lipinski definition) is 2.